The molecule has 2 aromatic rings. The third-order valence-electron chi connectivity index (χ3n) is 3.98. The summed E-state index contributed by atoms with van der Waals surface area (Å²) in [7, 11) is 0. The van der Waals surface area contributed by atoms with Crippen LogP contribution in [0.15, 0.2) is 53.5 Å². The fourth-order valence-electron chi connectivity index (χ4n) is 2.65. The van der Waals surface area contributed by atoms with E-state index < -0.39 is 0 Å². The molecule has 3 rings (SSSR count). The number of nitrogens with two attached hydrogens (primary N) is 1. The Morgan fingerprint density at radius 2 is 1.80 bits per heavy atom. The van der Waals surface area contributed by atoms with E-state index in [9.17, 15) is 0 Å². The first-order valence-electron chi connectivity index (χ1n) is 8.15. The molecule has 1 aliphatic heterocycles. The molecule has 0 amide bonds. The van der Waals surface area contributed by atoms with Gasteiger partial charge in [-0.15, -0.1) is 0 Å². The predicted octanol–water partition coefficient (Wildman–Crippen LogP) is 4.11. The van der Waals surface area contributed by atoms with Gasteiger partial charge in [-0.05, 0) is 54.1 Å². The maximum atomic E-state index is 6.42. The standard InChI is InChI=1S/C19H20Cl2N4/c20-15-3-5-16(6-4-15)24-19(22)8-2-14-1-7-17(13-18(14)21)25-11-9-23-10-12-25/h1-8,13,23H,9-12H2,(H2,22,24). The minimum Gasteiger partial charge on any atom is -0.384 e. The molecule has 1 saturated heterocycles. The zero-order chi connectivity index (χ0) is 17.6. The zero-order valence-electron chi connectivity index (χ0n) is 13.8. The summed E-state index contributed by atoms with van der Waals surface area (Å²) in [5.41, 5.74) is 8.77. The lowest BCUT2D eigenvalue weighted by atomic mass is 10.1. The Labute approximate surface area is 157 Å². The smallest absolute Gasteiger partial charge is 0.124 e. The Kier molecular flexibility index (Phi) is 5.97. The highest BCUT2D eigenvalue weighted by atomic mass is 35.5. The van der Waals surface area contributed by atoms with Gasteiger partial charge in [0.2, 0.25) is 0 Å². The number of benzene rings is 2. The molecule has 0 aliphatic carbocycles. The van der Waals surface area contributed by atoms with Crippen LogP contribution in [-0.2, 0) is 0 Å². The van der Waals surface area contributed by atoms with E-state index >= 15 is 0 Å². The van der Waals surface area contributed by atoms with Gasteiger partial charge in [0.25, 0.3) is 0 Å². The van der Waals surface area contributed by atoms with Crippen LogP contribution in [0.25, 0.3) is 6.08 Å². The van der Waals surface area contributed by atoms with Crippen molar-refractivity contribution in [3.8, 4) is 0 Å². The van der Waals surface area contributed by atoms with Gasteiger partial charge in [0.15, 0.2) is 0 Å². The van der Waals surface area contributed by atoms with Crippen LogP contribution in [0.4, 0.5) is 11.4 Å². The number of nitrogens with one attached hydrogen (secondary N) is 1. The van der Waals surface area contributed by atoms with Gasteiger partial charge in [-0.3, -0.25) is 0 Å². The van der Waals surface area contributed by atoms with E-state index in [0.29, 0.717) is 15.9 Å². The van der Waals surface area contributed by atoms with E-state index in [1.165, 1.54) is 0 Å². The number of nitrogens with zero attached hydrogens (tertiary/aromatic N) is 2. The molecule has 2 aromatic carbocycles. The molecule has 25 heavy (non-hydrogen) atoms. The van der Waals surface area contributed by atoms with Crippen molar-refractivity contribution < 1.29 is 0 Å². The van der Waals surface area contributed by atoms with Crippen molar-refractivity contribution in [3.63, 3.8) is 0 Å². The maximum absolute atomic E-state index is 6.42. The first-order chi connectivity index (χ1) is 12.1. The SMILES string of the molecule is NC(C=Cc1ccc(N2CCNCC2)cc1Cl)=Nc1ccc(Cl)cc1. The number of aliphatic imine (C=N–C) groups is 1. The van der Waals surface area contributed by atoms with Crippen molar-refractivity contribution >= 4 is 46.5 Å². The first kappa shape index (κ1) is 17.8. The lowest BCUT2D eigenvalue weighted by Gasteiger charge is -2.29. The first-order valence-corrected chi connectivity index (χ1v) is 8.90. The average molecular weight is 375 g/mol. The minimum atomic E-state index is 0.407. The molecule has 0 aromatic heterocycles. The Morgan fingerprint density at radius 1 is 1.08 bits per heavy atom. The highest BCUT2D eigenvalue weighted by Gasteiger charge is 2.11. The Hall–Kier alpha value is -2.01. The van der Waals surface area contributed by atoms with Gasteiger partial charge in [-0.1, -0.05) is 29.3 Å². The van der Waals surface area contributed by atoms with E-state index in [1.807, 2.05) is 30.3 Å². The van der Waals surface area contributed by atoms with Crippen LogP contribution in [0.3, 0.4) is 0 Å². The second kappa shape index (κ2) is 8.39. The van der Waals surface area contributed by atoms with E-state index in [1.54, 1.807) is 18.2 Å². The lowest BCUT2D eigenvalue weighted by molar-refractivity contribution is 0.589. The quantitative estimate of drug-likeness (QED) is 0.625. The van der Waals surface area contributed by atoms with Crippen molar-refractivity contribution in [2.24, 2.45) is 10.7 Å². The fraction of sp³-hybridized carbons (Fsp3) is 0.211. The Balaban J connectivity index is 1.71. The molecule has 1 aliphatic rings. The molecule has 0 spiro atoms. The summed E-state index contributed by atoms with van der Waals surface area (Å²) >= 11 is 12.3. The number of anilines is 1. The molecular formula is C19H20Cl2N4. The van der Waals surface area contributed by atoms with E-state index in [2.05, 4.69) is 21.3 Å². The molecule has 1 fully saturated rings. The third-order valence-corrected chi connectivity index (χ3v) is 4.56. The van der Waals surface area contributed by atoms with Crippen molar-refractivity contribution in [2.45, 2.75) is 0 Å². The second-order valence-corrected chi connectivity index (χ2v) is 6.63. The van der Waals surface area contributed by atoms with Crippen LogP contribution >= 0.6 is 23.2 Å². The highest BCUT2D eigenvalue weighted by molar-refractivity contribution is 6.32. The van der Waals surface area contributed by atoms with Gasteiger partial charge >= 0.3 is 0 Å². The number of piperazine rings is 1. The summed E-state index contributed by atoms with van der Waals surface area (Å²) in [4.78, 5) is 6.65. The molecule has 0 saturated carbocycles. The topological polar surface area (TPSA) is 53.6 Å². The summed E-state index contributed by atoms with van der Waals surface area (Å²) in [5, 5.41) is 4.72. The molecule has 130 valence electrons. The fourth-order valence-corrected chi connectivity index (χ4v) is 3.01. The van der Waals surface area contributed by atoms with E-state index in [0.717, 1.165) is 43.1 Å². The van der Waals surface area contributed by atoms with E-state index in [-0.39, 0.29) is 0 Å². The minimum absolute atomic E-state index is 0.407. The van der Waals surface area contributed by atoms with E-state index in [4.69, 9.17) is 28.9 Å². The van der Waals surface area contributed by atoms with Crippen molar-refractivity contribution in [3.05, 3.63) is 64.1 Å². The zero-order valence-corrected chi connectivity index (χ0v) is 15.3. The summed E-state index contributed by atoms with van der Waals surface area (Å²) in [6.07, 6.45) is 3.62. The predicted molar refractivity (Wildman–Crippen MR) is 108 cm³/mol. The van der Waals surface area contributed by atoms with Gasteiger partial charge in [0.05, 0.1) is 5.69 Å². The van der Waals surface area contributed by atoms with Gasteiger partial charge in [-0.25, -0.2) is 4.99 Å². The van der Waals surface area contributed by atoms with Gasteiger partial charge in [-0.2, -0.15) is 0 Å². The highest BCUT2D eigenvalue weighted by Crippen LogP contribution is 2.25. The molecule has 0 atom stereocenters. The molecule has 3 N–H and O–H groups in total. The summed E-state index contributed by atoms with van der Waals surface area (Å²) in [5.74, 6) is 0.407. The van der Waals surface area contributed by atoms with Crippen LogP contribution in [0.5, 0.6) is 0 Å². The molecule has 1 heterocycles. The summed E-state index contributed by atoms with van der Waals surface area (Å²) < 4.78 is 0. The molecule has 0 unspecified atom stereocenters. The third kappa shape index (κ3) is 4.98. The number of amidine groups is 1. The van der Waals surface area contributed by atoms with Crippen molar-refractivity contribution in [1.82, 2.24) is 5.32 Å². The van der Waals surface area contributed by atoms with Crippen LogP contribution in [0.2, 0.25) is 10.0 Å². The maximum Gasteiger partial charge on any atom is 0.124 e. The normalized spacial score (nSPS) is 15.8. The number of halogens is 2. The Morgan fingerprint density at radius 3 is 2.48 bits per heavy atom. The van der Waals surface area contributed by atoms with Gasteiger partial charge in [0.1, 0.15) is 5.84 Å². The number of rotatable bonds is 4. The molecular weight excluding hydrogens is 355 g/mol. The van der Waals surface area contributed by atoms with Crippen molar-refractivity contribution in [1.29, 1.82) is 0 Å². The average Bonchev–Trinajstić information content (AvgIpc) is 2.63. The second-order valence-electron chi connectivity index (χ2n) is 5.79. The molecule has 4 nitrogen and oxygen atoms in total. The van der Waals surface area contributed by atoms with Crippen LogP contribution in [-0.4, -0.2) is 32.0 Å². The van der Waals surface area contributed by atoms with Crippen molar-refractivity contribution in [2.75, 3.05) is 31.1 Å². The largest absolute Gasteiger partial charge is 0.384 e. The molecule has 0 bridgehead atoms. The van der Waals surface area contributed by atoms with Crippen LogP contribution in [0, 0.1) is 0 Å². The van der Waals surface area contributed by atoms with Gasteiger partial charge < -0.3 is 16.0 Å². The summed E-state index contributed by atoms with van der Waals surface area (Å²) in [6.45, 7) is 3.98. The number of hydrogen-bond donors (Lipinski definition) is 2. The monoisotopic (exact) mass is 374 g/mol. The molecule has 0 radical (unpaired) electrons. The molecule has 6 heteroatoms. The van der Waals surface area contributed by atoms with Crippen LogP contribution in [0.1, 0.15) is 5.56 Å². The van der Waals surface area contributed by atoms with Crippen LogP contribution < -0.4 is 16.0 Å². The number of hydrogen-bond acceptors (Lipinski definition) is 3. The van der Waals surface area contributed by atoms with Gasteiger partial charge in [0, 0.05) is 41.9 Å². The summed E-state index contributed by atoms with van der Waals surface area (Å²) in [6, 6.07) is 13.3. The Bertz CT molecular complexity index is 779. The lowest BCUT2D eigenvalue weighted by Crippen LogP contribution is -2.43.